The van der Waals surface area contributed by atoms with Crippen LogP contribution < -0.4 is 0 Å². The van der Waals surface area contributed by atoms with Crippen LogP contribution in [0.3, 0.4) is 0 Å². The summed E-state index contributed by atoms with van der Waals surface area (Å²) in [5.74, 6) is 0. The Labute approximate surface area is 156 Å². The van der Waals surface area contributed by atoms with Gasteiger partial charge in [-0.05, 0) is 54.7 Å². The zero-order valence-electron chi connectivity index (χ0n) is 16.2. The van der Waals surface area contributed by atoms with Crippen LogP contribution in [0.1, 0.15) is 63.1 Å². The van der Waals surface area contributed by atoms with E-state index in [0.717, 1.165) is 56.4 Å². The largest absolute Gasteiger partial charge is 0.325 e. The summed E-state index contributed by atoms with van der Waals surface area (Å²) < 4.78 is 0. The van der Waals surface area contributed by atoms with E-state index in [1.165, 1.54) is 12.0 Å². The number of likely N-dealkylation sites (tertiary alicyclic amines) is 2. The highest BCUT2D eigenvalue weighted by Crippen LogP contribution is 2.56. The maximum absolute atomic E-state index is 13.3. The molecule has 0 unspecified atom stereocenters. The van der Waals surface area contributed by atoms with Crippen molar-refractivity contribution in [3.63, 3.8) is 0 Å². The van der Waals surface area contributed by atoms with Crippen molar-refractivity contribution in [2.45, 2.75) is 64.3 Å². The Hall–Kier alpha value is -2.02. The summed E-state index contributed by atoms with van der Waals surface area (Å²) in [6.45, 7) is 9.56. The van der Waals surface area contributed by atoms with Gasteiger partial charge in [0.25, 0.3) is 0 Å². The third-order valence-electron chi connectivity index (χ3n) is 7.64. The quantitative estimate of drug-likeness (QED) is 0.707. The van der Waals surface area contributed by atoms with E-state index in [-0.39, 0.29) is 22.9 Å². The molecular formula is C22H29N3O. The number of benzene rings is 1. The Morgan fingerprint density at radius 3 is 2.58 bits per heavy atom. The molecule has 2 fully saturated rings. The molecule has 2 heterocycles. The first-order valence-corrected chi connectivity index (χ1v) is 9.98. The van der Waals surface area contributed by atoms with Gasteiger partial charge in [-0.1, -0.05) is 32.9 Å². The fourth-order valence-corrected chi connectivity index (χ4v) is 5.54. The number of hydrogen-bond donors (Lipinski definition) is 0. The Kier molecular flexibility index (Phi) is 4.02. The first-order valence-electron chi connectivity index (χ1n) is 9.98. The molecule has 1 aliphatic carbocycles. The second kappa shape index (κ2) is 6.01. The van der Waals surface area contributed by atoms with Crippen LogP contribution in [-0.2, 0) is 11.8 Å². The first-order chi connectivity index (χ1) is 12.4. The fourth-order valence-electron chi connectivity index (χ4n) is 5.54. The predicted octanol–water partition coefficient (Wildman–Crippen LogP) is 4.08. The molecule has 0 spiro atoms. The van der Waals surface area contributed by atoms with E-state index in [1.54, 1.807) is 0 Å². The lowest BCUT2D eigenvalue weighted by Crippen LogP contribution is -2.66. The second-order valence-electron chi connectivity index (χ2n) is 8.99. The van der Waals surface area contributed by atoms with Gasteiger partial charge in [0.2, 0.25) is 0 Å². The lowest BCUT2D eigenvalue weighted by Gasteiger charge is -2.61. The van der Waals surface area contributed by atoms with Crippen LogP contribution in [0.4, 0.5) is 4.79 Å². The summed E-state index contributed by atoms with van der Waals surface area (Å²) in [7, 11) is 0. The van der Waals surface area contributed by atoms with E-state index in [1.807, 2.05) is 17.0 Å². The molecule has 1 aromatic carbocycles. The van der Waals surface area contributed by atoms with E-state index in [4.69, 9.17) is 0 Å². The van der Waals surface area contributed by atoms with Crippen LogP contribution in [0.2, 0.25) is 0 Å². The summed E-state index contributed by atoms with van der Waals surface area (Å²) in [5, 5.41) is 9.61. The molecule has 4 nitrogen and oxygen atoms in total. The van der Waals surface area contributed by atoms with Crippen molar-refractivity contribution >= 4 is 6.03 Å². The van der Waals surface area contributed by atoms with Gasteiger partial charge in [0.05, 0.1) is 11.6 Å². The number of fused-ring (bicyclic) bond motifs is 4. The fraction of sp³-hybridized carbons (Fsp3) is 0.636. The van der Waals surface area contributed by atoms with Crippen LogP contribution in [-0.4, -0.2) is 41.5 Å². The molecule has 0 aromatic heterocycles. The van der Waals surface area contributed by atoms with Crippen molar-refractivity contribution in [2.24, 2.45) is 5.41 Å². The van der Waals surface area contributed by atoms with Crippen LogP contribution in [0.25, 0.3) is 0 Å². The maximum Gasteiger partial charge on any atom is 0.320 e. The summed E-state index contributed by atoms with van der Waals surface area (Å²) >= 11 is 0. The number of amides is 2. The van der Waals surface area contributed by atoms with Crippen LogP contribution in [0.5, 0.6) is 0 Å². The van der Waals surface area contributed by atoms with Crippen molar-refractivity contribution in [2.75, 3.05) is 19.6 Å². The molecule has 2 aliphatic heterocycles. The lowest BCUT2D eigenvalue weighted by atomic mass is 9.50. The molecule has 138 valence electrons. The number of nitriles is 1. The van der Waals surface area contributed by atoms with Crippen molar-refractivity contribution < 1.29 is 4.79 Å². The minimum absolute atomic E-state index is 0.00319. The van der Waals surface area contributed by atoms with E-state index >= 15 is 0 Å². The Bertz CT molecular complexity index is 772. The Morgan fingerprint density at radius 2 is 1.88 bits per heavy atom. The molecular weight excluding hydrogens is 322 g/mol. The molecule has 1 aromatic rings. The Balaban J connectivity index is 1.75. The number of urea groups is 1. The van der Waals surface area contributed by atoms with Crippen molar-refractivity contribution in [1.82, 2.24) is 9.80 Å². The third kappa shape index (κ3) is 2.29. The van der Waals surface area contributed by atoms with E-state index < -0.39 is 0 Å². The molecule has 26 heavy (non-hydrogen) atoms. The number of nitrogens with zero attached hydrogens (tertiary/aromatic N) is 3. The highest BCUT2D eigenvalue weighted by molar-refractivity contribution is 5.76. The van der Waals surface area contributed by atoms with Crippen LogP contribution in [0, 0.1) is 16.7 Å². The molecule has 3 aliphatic rings. The predicted molar refractivity (Wildman–Crippen MR) is 102 cm³/mol. The van der Waals surface area contributed by atoms with Crippen molar-refractivity contribution in [3.05, 3.63) is 34.9 Å². The third-order valence-corrected chi connectivity index (χ3v) is 7.64. The van der Waals surface area contributed by atoms with Gasteiger partial charge in [-0.15, -0.1) is 0 Å². The maximum atomic E-state index is 13.3. The molecule has 0 radical (unpaired) electrons. The van der Waals surface area contributed by atoms with Gasteiger partial charge >= 0.3 is 6.03 Å². The SMILES string of the molecule is CC1(C)[C@H]2Cc3c(C#N)cccc3[C@]1(C)CCN2C(=O)N1CCCCC1. The van der Waals surface area contributed by atoms with Gasteiger partial charge in [-0.25, -0.2) is 4.79 Å². The highest BCUT2D eigenvalue weighted by atomic mass is 16.2. The van der Waals surface area contributed by atoms with Crippen molar-refractivity contribution in [3.8, 4) is 6.07 Å². The molecule has 2 amide bonds. The van der Waals surface area contributed by atoms with E-state index in [9.17, 15) is 10.1 Å². The van der Waals surface area contributed by atoms with Gasteiger partial charge < -0.3 is 9.80 Å². The number of carbonyl (C=O) groups excluding carboxylic acids is 1. The lowest BCUT2D eigenvalue weighted by molar-refractivity contribution is -0.0242. The minimum Gasteiger partial charge on any atom is -0.325 e. The first kappa shape index (κ1) is 17.4. The van der Waals surface area contributed by atoms with Crippen molar-refractivity contribution in [1.29, 1.82) is 5.26 Å². The molecule has 2 saturated heterocycles. The average molecular weight is 351 g/mol. The summed E-state index contributed by atoms with van der Waals surface area (Å²) in [4.78, 5) is 17.5. The average Bonchev–Trinajstić information content (AvgIpc) is 2.64. The Morgan fingerprint density at radius 1 is 1.15 bits per heavy atom. The minimum atomic E-state index is -0.0161. The standard InChI is InChI=1S/C22H29N3O/c1-21(2)19-14-17-16(15-23)8-7-9-18(17)22(21,3)10-13-25(19)20(26)24-11-5-4-6-12-24/h7-9,19H,4-6,10-14H2,1-3H3/t19-,22+/m1/s1. The zero-order valence-corrected chi connectivity index (χ0v) is 16.2. The normalized spacial score (nSPS) is 29.7. The van der Waals surface area contributed by atoms with E-state index in [2.05, 4.69) is 37.8 Å². The molecule has 2 atom stereocenters. The second-order valence-corrected chi connectivity index (χ2v) is 8.99. The number of rotatable bonds is 0. The van der Waals surface area contributed by atoms with Gasteiger partial charge in [0.15, 0.2) is 0 Å². The summed E-state index contributed by atoms with van der Waals surface area (Å²) in [5.41, 5.74) is 3.25. The highest BCUT2D eigenvalue weighted by Gasteiger charge is 2.57. The number of carbonyl (C=O) groups is 1. The molecule has 4 heteroatoms. The van der Waals surface area contributed by atoms with Gasteiger partial charge in [-0.2, -0.15) is 5.26 Å². The van der Waals surface area contributed by atoms with Gasteiger partial charge in [0.1, 0.15) is 0 Å². The van der Waals surface area contributed by atoms with E-state index in [0.29, 0.717) is 0 Å². The van der Waals surface area contributed by atoms with Gasteiger partial charge in [0, 0.05) is 31.1 Å². The smallest absolute Gasteiger partial charge is 0.320 e. The van der Waals surface area contributed by atoms with Crippen LogP contribution >= 0.6 is 0 Å². The zero-order chi connectivity index (χ0) is 18.5. The molecule has 2 bridgehead atoms. The molecule has 4 rings (SSSR count). The topological polar surface area (TPSA) is 47.3 Å². The van der Waals surface area contributed by atoms with Gasteiger partial charge in [-0.3, -0.25) is 0 Å². The summed E-state index contributed by atoms with van der Waals surface area (Å²) in [6.07, 6.45) is 5.22. The summed E-state index contributed by atoms with van der Waals surface area (Å²) in [6, 6.07) is 8.89. The molecule has 0 saturated carbocycles. The number of hydrogen-bond acceptors (Lipinski definition) is 2. The van der Waals surface area contributed by atoms with Crippen LogP contribution in [0.15, 0.2) is 18.2 Å². The number of piperidine rings is 2. The molecule has 0 N–H and O–H groups in total. The monoisotopic (exact) mass is 351 g/mol.